The molecule has 0 spiro atoms. The highest BCUT2D eigenvalue weighted by atomic mass is 35.5. The van der Waals surface area contributed by atoms with E-state index in [1.807, 2.05) is 13.0 Å². The van der Waals surface area contributed by atoms with Gasteiger partial charge in [0.25, 0.3) is 5.95 Å². The molecule has 3 rings (SSSR count). The fourth-order valence-corrected chi connectivity index (χ4v) is 3.25. The highest BCUT2D eigenvalue weighted by molar-refractivity contribution is 6.31. The quantitative estimate of drug-likeness (QED) is 0.571. The number of halogens is 1. The summed E-state index contributed by atoms with van der Waals surface area (Å²) in [6.07, 6.45) is 6.38. The molecule has 1 N–H and O–H groups in total. The van der Waals surface area contributed by atoms with Gasteiger partial charge in [-0.25, -0.2) is 9.97 Å². The Morgan fingerprint density at radius 3 is 2.52 bits per heavy atom. The van der Waals surface area contributed by atoms with Crippen LogP contribution in [-0.2, 0) is 16.8 Å². The maximum absolute atomic E-state index is 12.7. The Hall–Kier alpha value is -3.00. The van der Waals surface area contributed by atoms with Gasteiger partial charge >= 0.3 is 0 Å². The summed E-state index contributed by atoms with van der Waals surface area (Å²) in [6, 6.07) is 3.56. The maximum Gasteiger partial charge on any atom is 0.252 e. The lowest BCUT2D eigenvalue weighted by molar-refractivity contribution is -0.111. The Balaban J connectivity index is 1.86. The van der Waals surface area contributed by atoms with Gasteiger partial charge in [-0.15, -0.1) is 0 Å². The molecule has 0 radical (unpaired) electrons. The highest BCUT2D eigenvalue weighted by Crippen LogP contribution is 2.26. The maximum atomic E-state index is 12.7. The predicted octanol–water partition coefficient (Wildman–Crippen LogP) is 4.43. The van der Waals surface area contributed by atoms with Crippen molar-refractivity contribution in [1.82, 2.24) is 29.5 Å². The van der Waals surface area contributed by atoms with Crippen LogP contribution in [0, 0.1) is 12.8 Å². The third kappa shape index (κ3) is 5.38. The first kappa shape index (κ1) is 22.7. The molecule has 0 aliphatic rings. The van der Waals surface area contributed by atoms with Crippen molar-refractivity contribution in [2.75, 3.05) is 5.32 Å². The number of carbonyl (C=O) groups excluding carboxylic acids is 1. The fourth-order valence-electron chi connectivity index (χ4n) is 2.94. The van der Waals surface area contributed by atoms with E-state index in [0.717, 1.165) is 17.0 Å². The molecular weight excluding hydrogens is 414 g/mol. The Morgan fingerprint density at radius 2 is 1.90 bits per heavy atom. The molecule has 8 nitrogen and oxygen atoms in total. The summed E-state index contributed by atoms with van der Waals surface area (Å²) in [4.78, 5) is 21.2. The van der Waals surface area contributed by atoms with E-state index >= 15 is 0 Å². The van der Waals surface area contributed by atoms with Crippen molar-refractivity contribution < 1.29 is 4.79 Å². The summed E-state index contributed by atoms with van der Waals surface area (Å²) in [5.74, 6) is 0.967. The van der Waals surface area contributed by atoms with Crippen molar-refractivity contribution in [2.24, 2.45) is 5.92 Å². The number of aromatic nitrogens is 6. The Labute approximate surface area is 187 Å². The molecule has 0 aliphatic heterocycles. The van der Waals surface area contributed by atoms with Gasteiger partial charge in [0.15, 0.2) is 0 Å². The van der Waals surface area contributed by atoms with Crippen LogP contribution < -0.4 is 5.32 Å². The average Bonchev–Trinajstić information content (AvgIpc) is 3.22. The van der Waals surface area contributed by atoms with Crippen molar-refractivity contribution in [3.8, 4) is 5.95 Å². The number of carbonyl (C=O) groups is 1. The minimum absolute atomic E-state index is 0.203. The standard InChI is InChI=1S/C22H28ClN7O/c1-14(2)13-29-20(23)16(15(3)27-29)8-9-19(31)26-18-12-17(22(4,5)6)28-30(18)21-24-10-7-11-25-21/h7-12,14H,13H2,1-6H3,(H,26,31)/b9-8+. The number of amides is 1. The summed E-state index contributed by atoms with van der Waals surface area (Å²) >= 11 is 6.46. The lowest BCUT2D eigenvalue weighted by Gasteiger charge is -2.13. The van der Waals surface area contributed by atoms with Crippen LogP contribution >= 0.6 is 11.6 Å². The van der Waals surface area contributed by atoms with Crippen molar-refractivity contribution in [3.63, 3.8) is 0 Å². The monoisotopic (exact) mass is 441 g/mol. The van der Waals surface area contributed by atoms with Gasteiger partial charge in [0.05, 0.1) is 11.4 Å². The molecule has 0 aromatic carbocycles. The molecule has 0 atom stereocenters. The zero-order valence-electron chi connectivity index (χ0n) is 18.7. The number of hydrogen-bond acceptors (Lipinski definition) is 5. The second-order valence-corrected chi connectivity index (χ2v) is 9.17. The van der Waals surface area contributed by atoms with Gasteiger partial charge in [-0.3, -0.25) is 9.48 Å². The summed E-state index contributed by atoms with van der Waals surface area (Å²) in [6.45, 7) is 12.9. The van der Waals surface area contributed by atoms with E-state index in [0.29, 0.717) is 29.4 Å². The molecule has 0 saturated carbocycles. The van der Waals surface area contributed by atoms with E-state index < -0.39 is 0 Å². The largest absolute Gasteiger partial charge is 0.307 e. The first-order valence-corrected chi connectivity index (χ1v) is 10.5. The van der Waals surface area contributed by atoms with Crippen LogP contribution in [0.2, 0.25) is 5.15 Å². The molecule has 3 aromatic heterocycles. The lowest BCUT2D eigenvalue weighted by atomic mass is 9.92. The van der Waals surface area contributed by atoms with Gasteiger partial charge in [0.2, 0.25) is 5.91 Å². The highest BCUT2D eigenvalue weighted by Gasteiger charge is 2.22. The van der Waals surface area contributed by atoms with Gasteiger partial charge in [-0.05, 0) is 25.0 Å². The van der Waals surface area contributed by atoms with Gasteiger partial charge in [0.1, 0.15) is 11.0 Å². The van der Waals surface area contributed by atoms with Gasteiger partial charge in [0, 0.05) is 42.1 Å². The normalized spacial score (nSPS) is 12.1. The third-order valence-electron chi connectivity index (χ3n) is 4.52. The zero-order valence-corrected chi connectivity index (χ0v) is 19.5. The minimum Gasteiger partial charge on any atom is -0.307 e. The topological polar surface area (TPSA) is 90.5 Å². The van der Waals surface area contributed by atoms with Crippen LogP contribution in [0.15, 0.2) is 30.6 Å². The van der Waals surface area contributed by atoms with Crippen LogP contribution in [-0.4, -0.2) is 35.4 Å². The van der Waals surface area contributed by atoms with Gasteiger partial charge < -0.3 is 5.32 Å². The average molecular weight is 442 g/mol. The molecule has 9 heteroatoms. The Bertz CT molecular complexity index is 1090. The molecule has 164 valence electrons. The van der Waals surface area contributed by atoms with E-state index in [2.05, 4.69) is 60.1 Å². The first-order chi connectivity index (χ1) is 14.6. The first-order valence-electron chi connectivity index (χ1n) is 10.2. The summed E-state index contributed by atoms with van der Waals surface area (Å²) in [5, 5.41) is 12.5. The molecule has 3 aromatic rings. The molecule has 1 amide bonds. The lowest BCUT2D eigenvalue weighted by Crippen LogP contribution is -2.14. The van der Waals surface area contributed by atoms with E-state index in [-0.39, 0.29) is 11.3 Å². The molecule has 3 heterocycles. The van der Waals surface area contributed by atoms with Crippen LogP contribution in [0.25, 0.3) is 12.0 Å². The molecule has 0 saturated heterocycles. The van der Waals surface area contributed by atoms with Gasteiger partial charge in [-0.2, -0.15) is 14.9 Å². The smallest absolute Gasteiger partial charge is 0.252 e. The van der Waals surface area contributed by atoms with Crippen molar-refractivity contribution in [3.05, 3.63) is 52.7 Å². The Morgan fingerprint density at radius 1 is 1.23 bits per heavy atom. The summed E-state index contributed by atoms with van der Waals surface area (Å²) in [7, 11) is 0. The third-order valence-corrected chi connectivity index (χ3v) is 4.92. The second kappa shape index (κ2) is 9.01. The van der Waals surface area contributed by atoms with Gasteiger partial charge in [-0.1, -0.05) is 46.2 Å². The van der Waals surface area contributed by atoms with Crippen molar-refractivity contribution in [2.45, 2.75) is 53.5 Å². The Kier molecular flexibility index (Phi) is 6.59. The van der Waals surface area contributed by atoms with Crippen LogP contribution in [0.4, 0.5) is 5.82 Å². The number of hydrogen-bond donors (Lipinski definition) is 1. The minimum atomic E-state index is -0.315. The van der Waals surface area contributed by atoms with E-state index in [1.54, 1.807) is 29.2 Å². The molecular formula is C22H28ClN7O. The van der Waals surface area contributed by atoms with E-state index in [9.17, 15) is 4.79 Å². The molecule has 0 bridgehead atoms. The number of rotatable bonds is 6. The zero-order chi connectivity index (χ0) is 22.8. The number of nitrogens with zero attached hydrogens (tertiary/aromatic N) is 6. The van der Waals surface area contributed by atoms with Crippen LogP contribution in [0.5, 0.6) is 0 Å². The number of anilines is 1. The van der Waals surface area contributed by atoms with Crippen LogP contribution in [0.1, 0.15) is 51.6 Å². The predicted molar refractivity (Wildman–Crippen MR) is 122 cm³/mol. The molecule has 31 heavy (non-hydrogen) atoms. The van der Waals surface area contributed by atoms with E-state index in [1.165, 1.54) is 10.8 Å². The SMILES string of the molecule is Cc1nn(CC(C)C)c(Cl)c1/C=C/C(=O)Nc1cc(C(C)(C)C)nn1-c1ncccn1. The summed E-state index contributed by atoms with van der Waals surface area (Å²) in [5.41, 5.74) is 2.11. The fraction of sp³-hybridized carbons (Fsp3) is 0.409. The molecule has 0 fully saturated rings. The van der Waals surface area contributed by atoms with Crippen molar-refractivity contribution in [1.29, 1.82) is 0 Å². The second-order valence-electron chi connectivity index (χ2n) is 8.81. The number of nitrogens with one attached hydrogen (secondary N) is 1. The van der Waals surface area contributed by atoms with E-state index in [4.69, 9.17) is 11.6 Å². The molecule has 0 aliphatic carbocycles. The summed E-state index contributed by atoms with van der Waals surface area (Å²) < 4.78 is 3.29. The van der Waals surface area contributed by atoms with Crippen molar-refractivity contribution >= 4 is 29.4 Å². The van der Waals surface area contributed by atoms with Crippen LogP contribution in [0.3, 0.4) is 0 Å². The molecule has 0 unspecified atom stereocenters. The number of aryl methyl sites for hydroxylation is 1.